The molecule has 1 aromatic heterocycles. The molecule has 116 valence electrons. The number of hydrogen-bond acceptors (Lipinski definition) is 4. The fourth-order valence-electron chi connectivity index (χ4n) is 1.82. The summed E-state index contributed by atoms with van der Waals surface area (Å²) in [6.45, 7) is 2.46. The Balaban J connectivity index is 2.28. The Bertz CT molecular complexity index is 473. The number of carbonyl (C=O) groups excluding carboxylic acids is 2. The zero-order chi connectivity index (χ0) is 15.7. The molecule has 2 N–H and O–H groups in total. The first kappa shape index (κ1) is 17.2. The molecule has 6 nitrogen and oxygen atoms in total. The van der Waals surface area contributed by atoms with Gasteiger partial charge in [-0.05, 0) is 24.3 Å². The van der Waals surface area contributed by atoms with Crippen LogP contribution in [0.5, 0.6) is 0 Å². The van der Waals surface area contributed by atoms with Gasteiger partial charge in [0.2, 0.25) is 5.91 Å². The maximum atomic E-state index is 11.9. The number of carboxylic acid groups (broad SMARTS) is 1. The van der Waals surface area contributed by atoms with Gasteiger partial charge in [-0.3, -0.25) is 14.4 Å². The summed E-state index contributed by atoms with van der Waals surface area (Å²) in [5.74, 6) is -1.35. The van der Waals surface area contributed by atoms with Crippen LogP contribution in [0.15, 0.2) is 17.5 Å². The van der Waals surface area contributed by atoms with Crippen LogP contribution >= 0.6 is 11.3 Å². The van der Waals surface area contributed by atoms with E-state index in [0.29, 0.717) is 30.8 Å². The molecule has 0 radical (unpaired) electrons. The van der Waals surface area contributed by atoms with E-state index in [-0.39, 0.29) is 24.8 Å². The summed E-state index contributed by atoms with van der Waals surface area (Å²) in [5, 5.41) is 13.3. The Labute approximate surface area is 127 Å². The lowest BCUT2D eigenvalue weighted by molar-refractivity contribution is -0.144. The van der Waals surface area contributed by atoms with Crippen molar-refractivity contribution >= 4 is 29.1 Å². The maximum Gasteiger partial charge on any atom is 0.323 e. The van der Waals surface area contributed by atoms with Crippen LogP contribution in [-0.2, 0) is 9.59 Å². The molecule has 0 spiro atoms. The number of nitrogens with zero attached hydrogens (tertiary/aromatic N) is 1. The molecular formula is C14H20N2O4S. The normalized spacial score (nSPS) is 10.1. The number of thiophene rings is 1. The van der Waals surface area contributed by atoms with Crippen molar-refractivity contribution < 1.29 is 19.5 Å². The summed E-state index contributed by atoms with van der Waals surface area (Å²) in [6.07, 6.45) is 1.45. The van der Waals surface area contributed by atoms with Crippen LogP contribution in [0.1, 0.15) is 35.9 Å². The second-order valence-corrected chi connectivity index (χ2v) is 5.49. The number of amides is 2. The minimum Gasteiger partial charge on any atom is -0.480 e. The Morgan fingerprint density at radius 1 is 1.38 bits per heavy atom. The molecule has 1 heterocycles. The lowest BCUT2D eigenvalue weighted by atomic mass is 10.2. The third-order valence-corrected chi connectivity index (χ3v) is 3.64. The fraction of sp³-hybridized carbons (Fsp3) is 0.500. The minimum atomic E-state index is -1.01. The Morgan fingerprint density at radius 2 is 2.14 bits per heavy atom. The van der Waals surface area contributed by atoms with Gasteiger partial charge in [0.15, 0.2) is 0 Å². The highest BCUT2D eigenvalue weighted by atomic mass is 32.1. The molecule has 0 bridgehead atoms. The van der Waals surface area contributed by atoms with Crippen LogP contribution in [0.4, 0.5) is 0 Å². The zero-order valence-electron chi connectivity index (χ0n) is 12.0. The Hall–Kier alpha value is -1.89. The van der Waals surface area contributed by atoms with E-state index < -0.39 is 5.97 Å². The summed E-state index contributed by atoms with van der Waals surface area (Å²) in [5.41, 5.74) is 0. The average molecular weight is 312 g/mol. The van der Waals surface area contributed by atoms with E-state index in [0.717, 1.165) is 0 Å². The number of carboxylic acids is 1. The van der Waals surface area contributed by atoms with Crippen molar-refractivity contribution in [1.29, 1.82) is 0 Å². The molecule has 1 rings (SSSR count). The second kappa shape index (κ2) is 9.12. The van der Waals surface area contributed by atoms with Gasteiger partial charge in [0, 0.05) is 19.5 Å². The van der Waals surface area contributed by atoms with E-state index in [4.69, 9.17) is 5.11 Å². The van der Waals surface area contributed by atoms with Crippen molar-refractivity contribution in [2.45, 2.75) is 26.2 Å². The van der Waals surface area contributed by atoms with Crippen LogP contribution in [0.25, 0.3) is 0 Å². The third kappa shape index (κ3) is 6.40. The van der Waals surface area contributed by atoms with Gasteiger partial charge in [-0.25, -0.2) is 0 Å². The number of hydrogen-bond donors (Lipinski definition) is 2. The molecule has 0 fully saturated rings. The van der Waals surface area contributed by atoms with Gasteiger partial charge in [-0.2, -0.15) is 0 Å². The first-order valence-corrected chi connectivity index (χ1v) is 7.73. The third-order valence-electron chi connectivity index (χ3n) is 2.77. The topological polar surface area (TPSA) is 86.7 Å². The smallest absolute Gasteiger partial charge is 0.323 e. The van der Waals surface area contributed by atoms with Crippen LogP contribution < -0.4 is 5.32 Å². The van der Waals surface area contributed by atoms with Gasteiger partial charge in [0.25, 0.3) is 5.91 Å². The summed E-state index contributed by atoms with van der Waals surface area (Å²) in [7, 11) is 0. The quantitative estimate of drug-likeness (QED) is 0.678. The van der Waals surface area contributed by atoms with E-state index in [1.807, 2.05) is 12.3 Å². The molecule has 0 saturated heterocycles. The Morgan fingerprint density at radius 3 is 2.71 bits per heavy atom. The molecule has 0 unspecified atom stereocenters. The monoisotopic (exact) mass is 312 g/mol. The minimum absolute atomic E-state index is 0.145. The SMILES string of the molecule is CCCN(CC(=O)O)C(=O)CCCNC(=O)c1cccs1. The number of aliphatic carboxylic acids is 1. The molecule has 0 aromatic carbocycles. The van der Waals surface area contributed by atoms with Gasteiger partial charge in [-0.1, -0.05) is 13.0 Å². The number of rotatable bonds is 9. The molecule has 0 aliphatic heterocycles. The summed E-state index contributed by atoms with van der Waals surface area (Å²) < 4.78 is 0. The largest absolute Gasteiger partial charge is 0.480 e. The molecule has 2 amide bonds. The van der Waals surface area contributed by atoms with Crippen molar-refractivity contribution in [3.8, 4) is 0 Å². The van der Waals surface area contributed by atoms with Crippen LogP contribution in [-0.4, -0.2) is 47.4 Å². The molecule has 0 saturated carbocycles. The molecule has 21 heavy (non-hydrogen) atoms. The molecule has 7 heteroatoms. The van der Waals surface area contributed by atoms with E-state index in [1.54, 1.807) is 12.1 Å². The van der Waals surface area contributed by atoms with E-state index >= 15 is 0 Å². The van der Waals surface area contributed by atoms with Crippen molar-refractivity contribution in [1.82, 2.24) is 10.2 Å². The summed E-state index contributed by atoms with van der Waals surface area (Å²) >= 11 is 1.36. The van der Waals surface area contributed by atoms with Crippen LogP contribution in [0, 0.1) is 0 Å². The summed E-state index contributed by atoms with van der Waals surface area (Å²) in [6, 6.07) is 3.54. The fourth-order valence-corrected chi connectivity index (χ4v) is 2.46. The molecule has 0 aliphatic carbocycles. The average Bonchev–Trinajstić information content (AvgIpc) is 2.96. The second-order valence-electron chi connectivity index (χ2n) is 4.55. The van der Waals surface area contributed by atoms with Crippen molar-refractivity contribution in [2.24, 2.45) is 0 Å². The summed E-state index contributed by atoms with van der Waals surface area (Å²) in [4.78, 5) is 36.2. The number of nitrogens with one attached hydrogen (secondary N) is 1. The maximum absolute atomic E-state index is 11.9. The highest BCUT2D eigenvalue weighted by Crippen LogP contribution is 2.07. The van der Waals surface area contributed by atoms with Crippen molar-refractivity contribution in [2.75, 3.05) is 19.6 Å². The highest BCUT2D eigenvalue weighted by Gasteiger charge is 2.15. The van der Waals surface area contributed by atoms with E-state index in [9.17, 15) is 14.4 Å². The van der Waals surface area contributed by atoms with Crippen molar-refractivity contribution in [3.63, 3.8) is 0 Å². The predicted octanol–water partition coefficient (Wildman–Crippen LogP) is 1.58. The zero-order valence-corrected chi connectivity index (χ0v) is 12.8. The Kier molecular flexibility index (Phi) is 7.45. The predicted molar refractivity (Wildman–Crippen MR) is 80.4 cm³/mol. The van der Waals surface area contributed by atoms with E-state index in [2.05, 4.69) is 5.32 Å². The van der Waals surface area contributed by atoms with Crippen LogP contribution in [0.3, 0.4) is 0 Å². The van der Waals surface area contributed by atoms with Crippen molar-refractivity contribution in [3.05, 3.63) is 22.4 Å². The standard InChI is InChI=1S/C14H20N2O4S/c1-2-8-16(10-13(18)19)12(17)6-3-7-15-14(20)11-5-4-9-21-11/h4-5,9H,2-3,6-8,10H2,1H3,(H,15,20)(H,18,19). The van der Waals surface area contributed by atoms with E-state index in [1.165, 1.54) is 16.2 Å². The molecular weight excluding hydrogens is 292 g/mol. The van der Waals surface area contributed by atoms with Crippen LogP contribution in [0.2, 0.25) is 0 Å². The first-order valence-electron chi connectivity index (χ1n) is 6.85. The number of carbonyl (C=O) groups is 3. The van der Waals surface area contributed by atoms with Gasteiger partial charge in [-0.15, -0.1) is 11.3 Å². The lowest BCUT2D eigenvalue weighted by Gasteiger charge is -2.19. The van der Waals surface area contributed by atoms with Gasteiger partial charge < -0.3 is 15.3 Å². The van der Waals surface area contributed by atoms with Gasteiger partial charge in [0.1, 0.15) is 6.54 Å². The molecule has 0 aliphatic rings. The van der Waals surface area contributed by atoms with Gasteiger partial charge >= 0.3 is 5.97 Å². The molecule has 1 aromatic rings. The van der Waals surface area contributed by atoms with Gasteiger partial charge in [0.05, 0.1) is 4.88 Å². The first-order chi connectivity index (χ1) is 10.0. The molecule has 0 atom stereocenters. The highest BCUT2D eigenvalue weighted by molar-refractivity contribution is 7.12. The lowest BCUT2D eigenvalue weighted by Crippen LogP contribution is -2.36.